The Balaban J connectivity index is 3.05. The zero-order valence-electron chi connectivity index (χ0n) is 6.01. The van der Waals surface area contributed by atoms with E-state index in [1.54, 1.807) is 12.1 Å². The normalized spacial score (nSPS) is 13.1. The molecular weight excluding hydrogens is 183 g/mol. The zero-order valence-corrected chi connectivity index (χ0v) is 7.52. The largest absolute Gasteiger partial charge is 0.323 e. The maximum absolute atomic E-state index is 5.66. The van der Waals surface area contributed by atoms with Crippen molar-refractivity contribution in [2.75, 3.05) is 0 Å². The van der Waals surface area contributed by atoms with Crippen LogP contribution in [0.5, 0.6) is 0 Å². The van der Waals surface area contributed by atoms with E-state index in [2.05, 4.69) is 4.98 Å². The van der Waals surface area contributed by atoms with Gasteiger partial charge in [0.1, 0.15) is 5.15 Å². The van der Waals surface area contributed by atoms with Crippen LogP contribution in [0.1, 0.15) is 18.7 Å². The van der Waals surface area contributed by atoms with Gasteiger partial charge < -0.3 is 5.73 Å². The van der Waals surface area contributed by atoms with E-state index in [1.165, 1.54) is 0 Å². The second-order valence-electron chi connectivity index (χ2n) is 2.30. The zero-order chi connectivity index (χ0) is 8.43. The van der Waals surface area contributed by atoms with E-state index >= 15 is 0 Å². The SMILES string of the molecule is C[C@@H](N)c1ccc(Cl)c(Cl)n1. The number of hydrogen-bond acceptors (Lipinski definition) is 2. The molecule has 0 bridgehead atoms. The monoisotopic (exact) mass is 190 g/mol. The van der Waals surface area contributed by atoms with Gasteiger partial charge in [0.2, 0.25) is 0 Å². The van der Waals surface area contributed by atoms with Crippen LogP contribution >= 0.6 is 23.2 Å². The summed E-state index contributed by atoms with van der Waals surface area (Å²) in [5, 5.41) is 0.762. The quantitative estimate of drug-likeness (QED) is 0.692. The van der Waals surface area contributed by atoms with Crippen LogP contribution in [-0.4, -0.2) is 4.98 Å². The van der Waals surface area contributed by atoms with E-state index in [0.717, 1.165) is 5.69 Å². The van der Waals surface area contributed by atoms with E-state index < -0.39 is 0 Å². The molecule has 0 aromatic carbocycles. The summed E-state index contributed by atoms with van der Waals surface area (Å²) in [6.45, 7) is 1.84. The smallest absolute Gasteiger partial charge is 0.147 e. The van der Waals surface area contributed by atoms with Gasteiger partial charge in [-0.25, -0.2) is 4.98 Å². The molecule has 0 saturated heterocycles. The summed E-state index contributed by atoms with van der Waals surface area (Å²) in [6, 6.07) is 3.35. The fourth-order valence-corrected chi connectivity index (χ4v) is 0.951. The molecule has 0 amide bonds. The highest BCUT2D eigenvalue weighted by molar-refractivity contribution is 6.41. The van der Waals surface area contributed by atoms with Crippen LogP contribution in [0.2, 0.25) is 10.2 Å². The molecule has 0 fully saturated rings. The average Bonchev–Trinajstić information content (AvgIpc) is 1.94. The van der Waals surface area contributed by atoms with Crippen LogP contribution in [0.25, 0.3) is 0 Å². The Morgan fingerprint density at radius 2 is 2.09 bits per heavy atom. The van der Waals surface area contributed by atoms with Gasteiger partial charge in [-0.15, -0.1) is 0 Å². The summed E-state index contributed by atoms with van der Waals surface area (Å²) in [5.41, 5.74) is 6.32. The van der Waals surface area contributed by atoms with Gasteiger partial charge in [-0.1, -0.05) is 23.2 Å². The summed E-state index contributed by atoms with van der Waals surface area (Å²) in [4.78, 5) is 3.98. The fraction of sp³-hybridized carbons (Fsp3) is 0.286. The topological polar surface area (TPSA) is 38.9 Å². The van der Waals surface area contributed by atoms with Gasteiger partial charge in [-0.2, -0.15) is 0 Å². The van der Waals surface area contributed by atoms with Gasteiger partial charge in [-0.05, 0) is 19.1 Å². The summed E-state index contributed by atoms with van der Waals surface area (Å²) < 4.78 is 0. The Hall–Kier alpha value is -0.310. The molecule has 1 heterocycles. The number of pyridine rings is 1. The summed E-state index contributed by atoms with van der Waals surface area (Å²) in [7, 11) is 0. The Labute approximate surface area is 75.3 Å². The molecule has 0 unspecified atom stereocenters. The second kappa shape index (κ2) is 3.39. The standard InChI is InChI=1S/C7H8Cl2N2/c1-4(10)6-3-2-5(8)7(9)11-6/h2-4H,10H2,1H3/t4-/m1/s1. The van der Waals surface area contributed by atoms with E-state index in [0.29, 0.717) is 10.2 Å². The highest BCUT2D eigenvalue weighted by Gasteiger charge is 2.03. The van der Waals surface area contributed by atoms with Crippen LogP contribution in [0, 0.1) is 0 Å². The lowest BCUT2D eigenvalue weighted by Gasteiger charge is -2.04. The molecule has 60 valence electrons. The van der Waals surface area contributed by atoms with Crippen LogP contribution in [0.15, 0.2) is 12.1 Å². The third kappa shape index (κ3) is 2.06. The van der Waals surface area contributed by atoms with E-state index in [9.17, 15) is 0 Å². The van der Waals surface area contributed by atoms with Crippen molar-refractivity contribution in [3.8, 4) is 0 Å². The first-order valence-electron chi connectivity index (χ1n) is 3.19. The third-order valence-corrected chi connectivity index (χ3v) is 1.98. The number of hydrogen-bond donors (Lipinski definition) is 1. The van der Waals surface area contributed by atoms with Crippen molar-refractivity contribution in [1.29, 1.82) is 0 Å². The average molecular weight is 191 g/mol. The maximum atomic E-state index is 5.66. The molecule has 11 heavy (non-hydrogen) atoms. The predicted molar refractivity (Wildman–Crippen MR) is 46.9 cm³/mol. The van der Waals surface area contributed by atoms with Gasteiger partial charge in [0.05, 0.1) is 10.7 Å². The first-order valence-corrected chi connectivity index (χ1v) is 3.94. The van der Waals surface area contributed by atoms with Gasteiger partial charge in [0.25, 0.3) is 0 Å². The lowest BCUT2D eigenvalue weighted by Crippen LogP contribution is -2.06. The minimum Gasteiger partial charge on any atom is -0.323 e. The van der Waals surface area contributed by atoms with E-state index in [-0.39, 0.29) is 6.04 Å². The van der Waals surface area contributed by atoms with Gasteiger partial charge >= 0.3 is 0 Å². The number of nitrogens with zero attached hydrogens (tertiary/aromatic N) is 1. The van der Waals surface area contributed by atoms with Crippen molar-refractivity contribution in [3.63, 3.8) is 0 Å². The molecule has 1 rings (SSSR count). The lowest BCUT2D eigenvalue weighted by atomic mass is 10.2. The van der Waals surface area contributed by atoms with Crippen LogP contribution in [-0.2, 0) is 0 Å². The summed E-state index contributed by atoms with van der Waals surface area (Å²) in [5.74, 6) is 0. The molecule has 4 heteroatoms. The highest BCUT2D eigenvalue weighted by atomic mass is 35.5. The number of halogens is 2. The molecule has 1 aromatic rings. The molecule has 0 aliphatic rings. The second-order valence-corrected chi connectivity index (χ2v) is 3.06. The molecule has 0 aliphatic carbocycles. The van der Waals surface area contributed by atoms with Gasteiger partial charge in [0.15, 0.2) is 0 Å². The summed E-state index contributed by atoms with van der Waals surface area (Å²) >= 11 is 11.3. The Bertz CT molecular complexity index is 261. The molecule has 1 aromatic heterocycles. The van der Waals surface area contributed by atoms with Crippen molar-refractivity contribution in [2.24, 2.45) is 5.73 Å². The first kappa shape index (κ1) is 8.78. The molecule has 2 nitrogen and oxygen atoms in total. The minimum atomic E-state index is -0.107. The van der Waals surface area contributed by atoms with Gasteiger partial charge in [0, 0.05) is 6.04 Å². The van der Waals surface area contributed by atoms with Crippen molar-refractivity contribution in [3.05, 3.63) is 28.0 Å². The molecule has 2 N–H and O–H groups in total. The van der Waals surface area contributed by atoms with Crippen molar-refractivity contribution in [2.45, 2.75) is 13.0 Å². The number of nitrogens with two attached hydrogens (primary N) is 1. The predicted octanol–water partition coefficient (Wildman–Crippen LogP) is 2.41. The Morgan fingerprint density at radius 1 is 1.45 bits per heavy atom. The van der Waals surface area contributed by atoms with Crippen molar-refractivity contribution in [1.82, 2.24) is 4.98 Å². The van der Waals surface area contributed by atoms with Gasteiger partial charge in [-0.3, -0.25) is 0 Å². The number of rotatable bonds is 1. The molecule has 0 aliphatic heterocycles. The summed E-state index contributed by atoms with van der Waals surface area (Å²) in [6.07, 6.45) is 0. The molecule has 0 saturated carbocycles. The van der Waals surface area contributed by atoms with Crippen molar-refractivity contribution >= 4 is 23.2 Å². The van der Waals surface area contributed by atoms with Crippen LogP contribution < -0.4 is 5.73 Å². The minimum absolute atomic E-state index is 0.107. The fourth-order valence-electron chi connectivity index (χ4n) is 0.685. The third-order valence-electron chi connectivity index (χ3n) is 1.29. The van der Waals surface area contributed by atoms with E-state index in [1.807, 2.05) is 6.92 Å². The van der Waals surface area contributed by atoms with Crippen molar-refractivity contribution < 1.29 is 0 Å². The van der Waals surface area contributed by atoms with E-state index in [4.69, 9.17) is 28.9 Å². The molecule has 0 spiro atoms. The first-order chi connectivity index (χ1) is 5.11. The van der Waals surface area contributed by atoms with Crippen LogP contribution in [0.3, 0.4) is 0 Å². The Morgan fingerprint density at radius 3 is 2.55 bits per heavy atom. The number of aromatic nitrogens is 1. The molecular formula is C7H8Cl2N2. The highest BCUT2D eigenvalue weighted by Crippen LogP contribution is 2.20. The maximum Gasteiger partial charge on any atom is 0.147 e. The molecule has 0 radical (unpaired) electrons. The lowest BCUT2D eigenvalue weighted by molar-refractivity contribution is 0.781. The van der Waals surface area contributed by atoms with Crippen LogP contribution in [0.4, 0.5) is 0 Å². The molecule has 1 atom stereocenters. The Kier molecular flexibility index (Phi) is 2.71.